The second-order valence-corrected chi connectivity index (χ2v) is 8.32. The number of aliphatic carboxylic acids is 1. The molecule has 7 nitrogen and oxygen atoms in total. The summed E-state index contributed by atoms with van der Waals surface area (Å²) in [5.41, 5.74) is 4.13. The number of aromatic nitrogens is 2. The summed E-state index contributed by atoms with van der Waals surface area (Å²) in [7, 11) is 0. The van der Waals surface area contributed by atoms with Crippen molar-refractivity contribution in [1.29, 1.82) is 0 Å². The standard InChI is InChI=1S/C25H28N4O3/c1-3-19-6-4-5-13-29(19)25(32)21-15-26-24-20(12-7-16(2)27-24)23(21)28-18-10-8-17(9-11-18)14-22(30)31/h7-12,15,19H,3-6,13-14H2,1-2H3,(H,30,31)(H,26,27,28)/t19-/m1/s1. The number of piperidine rings is 1. The van der Waals surface area contributed by atoms with E-state index in [4.69, 9.17) is 5.11 Å². The maximum absolute atomic E-state index is 13.6. The van der Waals surface area contributed by atoms with Crippen molar-refractivity contribution in [3.05, 3.63) is 59.4 Å². The second kappa shape index (κ2) is 9.34. The molecule has 1 saturated heterocycles. The third-order valence-electron chi connectivity index (χ3n) is 6.04. The average molecular weight is 433 g/mol. The molecule has 166 valence electrons. The van der Waals surface area contributed by atoms with Gasteiger partial charge < -0.3 is 15.3 Å². The monoisotopic (exact) mass is 432 g/mol. The zero-order chi connectivity index (χ0) is 22.7. The van der Waals surface area contributed by atoms with Crippen LogP contribution in [-0.2, 0) is 11.2 Å². The van der Waals surface area contributed by atoms with Gasteiger partial charge in [-0.15, -0.1) is 0 Å². The minimum Gasteiger partial charge on any atom is -0.481 e. The van der Waals surface area contributed by atoms with Gasteiger partial charge in [-0.2, -0.15) is 0 Å². The van der Waals surface area contributed by atoms with Gasteiger partial charge in [0.15, 0.2) is 5.65 Å². The van der Waals surface area contributed by atoms with Crippen LogP contribution in [0.2, 0.25) is 0 Å². The molecule has 0 aliphatic carbocycles. The van der Waals surface area contributed by atoms with E-state index >= 15 is 0 Å². The molecule has 32 heavy (non-hydrogen) atoms. The smallest absolute Gasteiger partial charge is 0.307 e. The van der Waals surface area contributed by atoms with Crippen LogP contribution in [-0.4, -0.2) is 44.4 Å². The van der Waals surface area contributed by atoms with Crippen molar-refractivity contribution in [2.24, 2.45) is 0 Å². The molecule has 1 amide bonds. The van der Waals surface area contributed by atoms with Gasteiger partial charge in [0, 0.05) is 35.6 Å². The Morgan fingerprint density at radius 1 is 1.16 bits per heavy atom. The number of aryl methyl sites for hydroxylation is 1. The fourth-order valence-corrected chi connectivity index (χ4v) is 4.34. The lowest BCUT2D eigenvalue weighted by Crippen LogP contribution is -2.43. The second-order valence-electron chi connectivity index (χ2n) is 8.32. The van der Waals surface area contributed by atoms with Crippen molar-refractivity contribution in [3.8, 4) is 0 Å². The first-order valence-electron chi connectivity index (χ1n) is 11.1. The van der Waals surface area contributed by atoms with Crippen LogP contribution in [0.1, 0.15) is 54.2 Å². The van der Waals surface area contributed by atoms with E-state index in [9.17, 15) is 9.59 Å². The number of hydrogen-bond acceptors (Lipinski definition) is 5. The van der Waals surface area contributed by atoms with E-state index in [1.165, 1.54) is 0 Å². The molecule has 0 bridgehead atoms. The molecule has 0 unspecified atom stereocenters. The quantitative estimate of drug-likeness (QED) is 0.586. The Balaban J connectivity index is 1.74. The van der Waals surface area contributed by atoms with E-state index < -0.39 is 5.97 Å². The number of pyridine rings is 2. The summed E-state index contributed by atoms with van der Waals surface area (Å²) in [5, 5.41) is 13.2. The summed E-state index contributed by atoms with van der Waals surface area (Å²) in [6.45, 7) is 4.79. The molecule has 0 radical (unpaired) electrons. The predicted molar refractivity (Wildman–Crippen MR) is 124 cm³/mol. The Morgan fingerprint density at radius 2 is 1.94 bits per heavy atom. The lowest BCUT2D eigenvalue weighted by atomic mass is 9.98. The molecule has 3 heterocycles. The molecule has 2 aromatic heterocycles. The lowest BCUT2D eigenvalue weighted by molar-refractivity contribution is -0.136. The van der Waals surface area contributed by atoms with Crippen molar-refractivity contribution >= 4 is 34.3 Å². The number of rotatable bonds is 6. The van der Waals surface area contributed by atoms with Gasteiger partial charge >= 0.3 is 5.97 Å². The summed E-state index contributed by atoms with van der Waals surface area (Å²) in [5.74, 6) is -0.885. The van der Waals surface area contributed by atoms with Gasteiger partial charge in [-0.3, -0.25) is 9.59 Å². The number of carbonyl (C=O) groups excluding carboxylic acids is 1. The van der Waals surface area contributed by atoms with Crippen LogP contribution in [0.4, 0.5) is 11.4 Å². The molecule has 1 aliphatic heterocycles. The number of benzene rings is 1. The molecule has 4 rings (SSSR count). The molecular weight excluding hydrogens is 404 g/mol. The molecule has 3 aromatic rings. The maximum Gasteiger partial charge on any atom is 0.307 e. The first-order chi connectivity index (χ1) is 15.5. The summed E-state index contributed by atoms with van der Waals surface area (Å²) in [4.78, 5) is 35.6. The third kappa shape index (κ3) is 4.56. The highest BCUT2D eigenvalue weighted by molar-refractivity contribution is 6.07. The van der Waals surface area contributed by atoms with E-state index in [1.807, 2.05) is 36.1 Å². The Kier molecular flexibility index (Phi) is 6.35. The minimum absolute atomic E-state index is 0.0171. The SMILES string of the molecule is CC[C@@H]1CCCCN1C(=O)c1cnc2nc(C)ccc2c1Nc1ccc(CC(=O)O)cc1. The number of amides is 1. The van der Waals surface area contributed by atoms with Crippen molar-refractivity contribution in [2.75, 3.05) is 11.9 Å². The van der Waals surface area contributed by atoms with Crippen LogP contribution < -0.4 is 5.32 Å². The normalized spacial score (nSPS) is 16.2. The fraction of sp³-hybridized carbons (Fsp3) is 0.360. The van der Waals surface area contributed by atoms with Crippen molar-refractivity contribution in [1.82, 2.24) is 14.9 Å². The summed E-state index contributed by atoms with van der Waals surface area (Å²) < 4.78 is 0. The number of anilines is 2. The van der Waals surface area contributed by atoms with E-state index in [0.29, 0.717) is 16.9 Å². The Labute approximate surface area is 187 Å². The number of carboxylic acids is 1. The van der Waals surface area contributed by atoms with Crippen LogP contribution >= 0.6 is 0 Å². The zero-order valence-corrected chi connectivity index (χ0v) is 18.5. The first-order valence-corrected chi connectivity index (χ1v) is 11.1. The molecule has 0 saturated carbocycles. The Bertz CT molecular complexity index is 1140. The van der Waals surface area contributed by atoms with Crippen LogP contribution in [0.5, 0.6) is 0 Å². The van der Waals surface area contributed by atoms with Crippen molar-refractivity contribution in [2.45, 2.75) is 52.0 Å². The number of carboxylic acid groups (broad SMARTS) is 1. The third-order valence-corrected chi connectivity index (χ3v) is 6.04. The number of likely N-dealkylation sites (tertiary alicyclic amines) is 1. The zero-order valence-electron chi connectivity index (χ0n) is 18.5. The summed E-state index contributed by atoms with van der Waals surface area (Å²) in [6.07, 6.45) is 5.71. The van der Waals surface area contributed by atoms with Gasteiger partial charge in [0.25, 0.3) is 5.91 Å². The van der Waals surface area contributed by atoms with E-state index in [1.54, 1.807) is 18.3 Å². The number of hydrogen-bond donors (Lipinski definition) is 2. The summed E-state index contributed by atoms with van der Waals surface area (Å²) >= 11 is 0. The van der Waals surface area contributed by atoms with Crippen LogP contribution in [0.15, 0.2) is 42.6 Å². The van der Waals surface area contributed by atoms with Crippen molar-refractivity contribution in [3.63, 3.8) is 0 Å². The van der Waals surface area contributed by atoms with Crippen LogP contribution in [0, 0.1) is 6.92 Å². The minimum atomic E-state index is -0.868. The Morgan fingerprint density at radius 3 is 2.66 bits per heavy atom. The van der Waals surface area contributed by atoms with Gasteiger partial charge in [-0.1, -0.05) is 19.1 Å². The Hall–Kier alpha value is -3.48. The molecule has 1 atom stereocenters. The molecule has 1 aromatic carbocycles. The highest BCUT2D eigenvalue weighted by atomic mass is 16.4. The number of fused-ring (bicyclic) bond motifs is 1. The van der Waals surface area contributed by atoms with Crippen LogP contribution in [0.25, 0.3) is 11.0 Å². The highest BCUT2D eigenvalue weighted by Gasteiger charge is 2.28. The van der Waals surface area contributed by atoms with Gasteiger partial charge in [-0.05, 0) is 62.4 Å². The average Bonchev–Trinajstić information content (AvgIpc) is 2.79. The molecule has 1 fully saturated rings. The van der Waals surface area contributed by atoms with E-state index in [0.717, 1.165) is 54.6 Å². The number of carbonyl (C=O) groups is 2. The number of nitrogens with one attached hydrogen (secondary N) is 1. The van der Waals surface area contributed by atoms with Gasteiger partial charge in [-0.25, -0.2) is 9.97 Å². The van der Waals surface area contributed by atoms with E-state index in [2.05, 4.69) is 22.2 Å². The molecule has 1 aliphatic rings. The fourth-order valence-electron chi connectivity index (χ4n) is 4.34. The van der Waals surface area contributed by atoms with Gasteiger partial charge in [0.2, 0.25) is 0 Å². The predicted octanol–water partition coefficient (Wildman–Crippen LogP) is 4.71. The topological polar surface area (TPSA) is 95.4 Å². The van der Waals surface area contributed by atoms with Gasteiger partial charge in [0.05, 0.1) is 17.7 Å². The molecular formula is C25H28N4O3. The maximum atomic E-state index is 13.6. The first kappa shape index (κ1) is 21.7. The van der Waals surface area contributed by atoms with Crippen molar-refractivity contribution < 1.29 is 14.7 Å². The van der Waals surface area contributed by atoms with E-state index in [-0.39, 0.29) is 18.4 Å². The van der Waals surface area contributed by atoms with Crippen LogP contribution in [0.3, 0.4) is 0 Å². The lowest BCUT2D eigenvalue weighted by Gasteiger charge is -2.35. The highest BCUT2D eigenvalue weighted by Crippen LogP contribution is 2.31. The molecule has 7 heteroatoms. The number of nitrogens with zero attached hydrogens (tertiary/aromatic N) is 3. The molecule has 2 N–H and O–H groups in total. The van der Waals surface area contributed by atoms with Gasteiger partial charge in [0.1, 0.15) is 0 Å². The summed E-state index contributed by atoms with van der Waals surface area (Å²) in [6, 6.07) is 11.3. The molecule has 0 spiro atoms. The largest absolute Gasteiger partial charge is 0.481 e.